The van der Waals surface area contributed by atoms with Crippen LogP contribution >= 0.6 is 0 Å². The Morgan fingerprint density at radius 2 is 1.69 bits per heavy atom. The lowest BCUT2D eigenvalue weighted by atomic mass is 10.1. The molecule has 0 rings (SSSR count). The molecule has 0 saturated carbocycles. The summed E-state index contributed by atoms with van der Waals surface area (Å²) in [6.45, 7) is 7.00. The number of hydrogen-bond acceptors (Lipinski definition) is 2. The molecule has 2 N–H and O–H groups in total. The quantitative estimate of drug-likeness (QED) is 0.532. The van der Waals surface area contributed by atoms with Crippen LogP contribution in [0.5, 0.6) is 0 Å². The Labute approximate surface area is 102 Å². The van der Waals surface area contributed by atoms with Crippen molar-refractivity contribution >= 4 is 0 Å². The molecular formula is C14H31NO. The van der Waals surface area contributed by atoms with Crippen molar-refractivity contribution in [2.24, 2.45) is 0 Å². The molecule has 0 aliphatic heterocycles. The molecule has 0 fully saturated rings. The van der Waals surface area contributed by atoms with Gasteiger partial charge in [-0.3, -0.25) is 0 Å². The van der Waals surface area contributed by atoms with Gasteiger partial charge in [0.2, 0.25) is 0 Å². The van der Waals surface area contributed by atoms with Gasteiger partial charge in [0.1, 0.15) is 0 Å². The number of aliphatic hydroxyl groups is 1. The first-order valence-electron chi connectivity index (χ1n) is 7.11. The fourth-order valence-electron chi connectivity index (χ4n) is 2.10. The van der Waals surface area contributed by atoms with Crippen LogP contribution in [-0.4, -0.2) is 23.8 Å². The van der Waals surface area contributed by atoms with Gasteiger partial charge < -0.3 is 10.4 Å². The van der Waals surface area contributed by atoms with Gasteiger partial charge in [-0.25, -0.2) is 0 Å². The molecule has 0 aliphatic rings. The second-order valence-electron chi connectivity index (χ2n) is 4.89. The summed E-state index contributed by atoms with van der Waals surface area (Å²) < 4.78 is 0. The summed E-state index contributed by atoms with van der Waals surface area (Å²) in [5.74, 6) is 0. The van der Waals surface area contributed by atoms with Crippen molar-refractivity contribution in [2.45, 2.75) is 84.2 Å². The summed E-state index contributed by atoms with van der Waals surface area (Å²) in [4.78, 5) is 0. The monoisotopic (exact) mass is 229 g/mol. The number of aliphatic hydroxyl groups excluding tert-OH is 1. The van der Waals surface area contributed by atoms with E-state index >= 15 is 0 Å². The van der Waals surface area contributed by atoms with E-state index in [4.69, 9.17) is 5.11 Å². The average molecular weight is 229 g/mol. The van der Waals surface area contributed by atoms with E-state index in [0.29, 0.717) is 18.7 Å². The molecule has 0 bridgehead atoms. The van der Waals surface area contributed by atoms with E-state index in [2.05, 4.69) is 26.1 Å². The SMILES string of the molecule is CCCCCCCC(C)NC(CC)CCO. The Bertz CT molecular complexity index is 139. The zero-order chi connectivity index (χ0) is 12.2. The molecule has 2 nitrogen and oxygen atoms in total. The van der Waals surface area contributed by atoms with Gasteiger partial charge in [0, 0.05) is 18.7 Å². The first kappa shape index (κ1) is 15.9. The predicted octanol–water partition coefficient (Wildman–Crippen LogP) is 3.49. The van der Waals surface area contributed by atoms with Crippen molar-refractivity contribution in [3.05, 3.63) is 0 Å². The predicted molar refractivity (Wildman–Crippen MR) is 71.8 cm³/mol. The Morgan fingerprint density at radius 3 is 2.25 bits per heavy atom. The summed E-state index contributed by atoms with van der Waals surface area (Å²) in [6, 6.07) is 1.09. The fraction of sp³-hybridized carbons (Fsp3) is 1.00. The van der Waals surface area contributed by atoms with Crippen molar-refractivity contribution < 1.29 is 5.11 Å². The number of rotatable bonds is 11. The van der Waals surface area contributed by atoms with Gasteiger partial charge in [-0.05, 0) is 26.2 Å². The highest BCUT2D eigenvalue weighted by Gasteiger charge is 2.08. The molecule has 0 saturated heterocycles. The summed E-state index contributed by atoms with van der Waals surface area (Å²) in [5, 5.41) is 12.5. The minimum absolute atomic E-state index is 0.300. The van der Waals surface area contributed by atoms with Gasteiger partial charge in [-0.2, -0.15) is 0 Å². The maximum absolute atomic E-state index is 8.91. The van der Waals surface area contributed by atoms with Crippen LogP contribution < -0.4 is 5.32 Å². The van der Waals surface area contributed by atoms with Crippen molar-refractivity contribution in [3.8, 4) is 0 Å². The first-order chi connectivity index (χ1) is 7.74. The summed E-state index contributed by atoms with van der Waals surface area (Å²) in [7, 11) is 0. The van der Waals surface area contributed by atoms with Crippen molar-refractivity contribution in [1.29, 1.82) is 0 Å². The second kappa shape index (κ2) is 11.4. The smallest absolute Gasteiger partial charge is 0.0445 e. The normalized spacial score (nSPS) is 15.0. The highest BCUT2D eigenvalue weighted by Crippen LogP contribution is 2.08. The zero-order valence-corrected chi connectivity index (χ0v) is 11.5. The van der Waals surface area contributed by atoms with Crippen LogP contribution in [0.4, 0.5) is 0 Å². The van der Waals surface area contributed by atoms with Crippen molar-refractivity contribution in [2.75, 3.05) is 6.61 Å². The minimum atomic E-state index is 0.300. The number of hydrogen-bond donors (Lipinski definition) is 2. The molecule has 16 heavy (non-hydrogen) atoms. The molecule has 0 aromatic rings. The Balaban J connectivity index is 3.44. The second-order valence-corrected chi connectivity index (χ2v) is 4.89. The largest absolute Gasteiger partial charge is 0.396 e. The number of nitrogens with one attached hydrogen (secondary N) is 1. The summed E-state index contributed by atoms with van der Waals surface area (Å²) in [6.07, 6.45) is 10.1. The molecule has 0 aromatic carbocycles. The lowest BCUT2D eigenvalue weighted by Gasteiger charge is -2.21. The molecule has 0 radical (unpaired) electrons. The van der Waals surface area contributed by atoms with Gasteiger partial charge in [-0.15, -0.1) is 0 Å². The molecule has 0 amide bonds. The van der Waals surface area contributed by atoms with E-state index in [9.17, 15) is 0 Å². The topological polar surface area (TPSA) is 32.3 Å². The first-order valence-corrected chi connectivity index (χ1v) is 7.11. The van der Waals surface area contributed by atoms with Gasteiger partial charge in [0.15, 0.2) is 0 Å². The molecule has 0 heterocycles. The highest BCUT2D eigenvalue weighted by atomic mass is 16.3. The third-order valence-electron chi connectivity index (χ3n) is 3.23. The lowest BCUT2D eigenvalue weighted by Crippen LogP contribution is -2.36. The van der Waals surface area contributed by atoms with Gasteiger partial charge >= 0.3 is 0 Å². The zero-order valence-electron chi connectivity index (χ0n) is 11.5. The van der Waals surface area contributed by atoms with Crippen LogP contribution in [0.15, 0.2) is 0 Å². The lowest BCUT2D eigenvalue weighted by molar-refractivity contribution is 0.254. The third-order valence-corrected chi connectivity index (χ3v) is 3.23. The van der Waals surface area contributed by atoms with Gasteiger partial charge in [-0.1, -0.05) is 46.0 Å². The van der Waals surface area contributed by atoms with E-state index in [1.807, 2.05) is 0 Å². The molecule has 2 unspecified atom stereocenters. The van der Waals surface area contributed by atoms with E-state index in [0.717, 1.165) is 12.8 Å². The van der Waals surface area contributed by atoms with Crippen molar-refractivity contribution in [1.82, 2.24) is 5.32 Å². The molecule has 0 aliphatic carbocycles. The van der Waals surface area contributed by atoms with Crippen LogP contribution in [-0.2, 0) is 0 Å². The van der Waals surface area contributed by atoms with E-state index in [1.54, 1.807) is 0 Å². The van der Waals surface area contributed by atoms with E-state index < -0.39 is 0 Å². The number of unbranched alkanes of at least 4 members (excludes halogenated alkanes) is 4. The van der Waals surface area contributed by atoms with Crippen LogP contribution in [0, 0.1) is 0 Å². The van der Waals surface area contributed by atoms with Crippen LogP contribution in [0.25, 0.3) is 0 Å². The maximum Gasteiger partial charge on any atom is 0.0445 e. The Hall–Kier alpha value is -0.0800. The van der Waals surface area contributed by atoms with Gasteiger partial charge in [0.05, 0.1) is 0 Å². The molecule has 2 atom stereocenters. The molecule has 2 heteroatoms. The summed E-state index contributed by atoms with van der Waals surface area (Å²) in [5.41, 5.74) is 0. The summed E-state index contributed by atoms with van der Waals surface area (Å²) >= 11 is 0. The molecule has 0 aromatic heterocycles. The fourth-order valence-corrected chi connectivity index (χ4v) is 2.10. The van der Waals surface area contributed by atoms with Gasteiger partial charge in [0.25, 0.3) is 0 Å². The van der Waals surface area contributed by atoms with Crippen LogP contribution in [0.2, 0.25) is 0 Å². The van der Waals surface area contributed by atoms with Crippen LogP contribution in [0.3, 0.4) is 0 Å². The Morgan fingerprint density at radius 1 is 1.00 bits per heavy atom. The molecular weight excluding hydrogens is 198 g/mol. The van der Waals surface area contributed by atoms with E-state index in [-0.39, 0.29) is 0 Å². The third kappa shape index (κ3) is 9.17. The standard InChI is InChI=1S/C14H31NO/c1-4-6-7-8-9-10-13(3)15-14(5-2)11-12-16/h13-16H,4-12H2,1-3H3. The Kier molecular flexibility index (Phi) is 11.3. The van der Waals surface area contributed by atoms with E-state index in [1.165, 1.54) is 38.5 Å². The molecule has 0 spiro atoms. The maximum atomic E-state index is 8.91. The highest BCUT2D eigenvalue weighted by molar-refractivity contribution is 4.70. The molecule has 98 valence electrons. The van der Waals surface area contributed by atoms with Crippen molar-refractivity contribution in [3.63, 3.8) is 0 Å². The average Bonchev–Trinajstić information content (AvgIpc) is 2.28. The van der Waals surface area contributed by atoms with Crippen LogP contribution in [0.1, 0.15) is 72.1 Å². The minimum Gasteiger partial charge on any atom is -0.396 e.